The molecule has 1 aromatic rings. The van der Waals surface area contributed by atoms with Crippen LogP contribution in [0.3, 0.4) is 0 Å². The van der Waals surface area contributed by atoms with E-state index in [1.807, 2.05) is 30.3 Å². The van der Waals surface area contributed by atoms with Crippen molar-refractivity contribution in [3.8, 4) is 0 Å². The second kappa shape index (κ2) is 9.87. The van der Waals surface area contributed by atoms with E-state index in [0.717, 1.165) is 18.4 Å². The fourth-order valence-corrected chi connectivity index (χ4v) is 3.89. The number of fused-ring (bicyclic) bond motifs is 2. The number of Topliss-reactive ketones (excluding diaryl/α,β-unsaturated/α-hetero) is 1. The third kappa shape index (κ3) is 5.56. The van der Waals surface area contributed by atoms with Gasteiger partial charge in [-0.1, -0.05) is 50.6 Å². The summed E-state index contributed by atoms with van der Waals surface area (Å²) in [6.45, 7) is 5.09. The summed E-state index contributed by atoms with van der Waals surface area (Å²) < 4.78 is 0. The number of carbonyl (C=O) groups is 3. The fraction of sp³-hybridized carbons (Fsp3) is 0.591. The summed E-state index contributed by atoms with van der Waals surface area (Å²) in [7, 11) is 0. The van der Waals surface area contributed by atoms with Crippen molar-refractivity contribution in [2.75, 3.05) is 13.1 Å². The molecule has 1 N–H and O–H groups in total. The molecule has 0 radical (unpaired) electrons. The van der Waals surface area contributed by atoms with Crippen LogP contribution >= 0.6 is 0 Å². The zero-order chi connectivity index (χ0) is 20.8. The summed E-state index contributed by atoms with van der Waals surface area (Å²) in [5, 5.41) is 4.14. The SMILES string of the molecule is CC(C)CCCC(=O)CNC(=O)[C@@H]1CC[C@@H]2CN1C(=O)N2OCc1ccccc1. The zero-order valence-corrected chi connectivity index (χ0v) is 17.3. The van der Waals surface area contributed by atoms with Crippen LogP contribution in [-0.2, 0) is 21.0 Å². The Morgan fingerprint density at radius 3 is 2.69 bits per heavy atom. The zero-order valence-electron chi connectivity index (χ0n) is 17.3. The second-order valence-electron chi connectivity index (χ2n) is 8.31. The summed E-state index contributed by atoms with van der Waals surface area (Å²) in [5.41, 5.74) is 0.988. The van der Waals surface area contributed by atoms with Gasteiger partial charge in [0, 0.05) is 13.0 Å². The Kier molecular flexibility index (Phi) is 7.25. The summed E-state index contributed by atoms with van der Waals surface area (Å²) in [6.07, 6.45) is 3.61. The molecule has 2 aliphatic heterocycles. The van der Waals surface area contributed by atoms with Gasteiger partial charge in [0.2, 0.25) is 5.91 Å². The maximum Gasteiger partial charge on any atom is 0.345 e. The van der Waals surface area contributed by atoms with Gasteiger partial charge in [-0.05, 0) is 30.7 Å². The smallest absolute Gasteiger partial charge is 0.345 e. The first kappa shape index (κ1) is 21.3. The molecule has 0 aliphatic carbocycles. The molecule has 3 rings (SSSR count). The van der Waals surface area contributed by atoms with Crippen LogP contribution in [-0.4, -0.2) is 52.9 Å². The molecule has 2 saturated heterocycles. The second-order valence-corrected chi connectivity index (χ2v) is 8.31. The Balaban J connectivity index is 1.47. The van der Waals surface area contributed by atoms with Crippen LogP contribution < -0.4 is 5.32 Å². The van der Waals surface area contributed by atoms with Crippen molar-refractivity contribution in [1.29, 1.82) is 0 Å². The lowest BCUT2D eigenvalue weighted by atomic mass is 10.00. The molecule has 0 unspecified atom stereocenters. The summed E-state index contributed by atoms with van der Waals surface area (Å²) >= 11 is 0. The monoisotopic (exact) mass is 401 g/mol. The molecular formula is C22H31N3O4. The van der Waals surface area contributed by atoms with Crippen molar-refractivity contribution in [3.63, 3.8) is 0 Å². The van der Waals surface area contributed by atoms with E-state index in [0.29, 0.717) is 38.3 Å². The molecular weight excluding hydrogens is 370 g/mol. The van der Waals surface area contributed by atoms with Gasteiger partial charge in [0.1, 0.15) is 12.6 Å². The number of hydroxylamine groups is 2. The van der Waals surface area contributed by atoms with E-state index in [-0.39, 0.29) is 30.3 Å². The molecule has 158 valence electrons. The van der Waals surface area contributed by atoms with Gasteiger partial charge in [0.05, 0.1) is 12.6 Å². The number of nitrogens with one attached hydrogen (secondary N) is 1. The Hall–Kier alpha value is -2.41. The third-order valence-corrected chi connectivity index (χ3v) is 5.54. The maximum atomic E-state index is 12.7. The van der Waals surface area contributed by atoms with Gasteiger partial charge < -0.3 is 10.2 Å². The largest absolute Gasteiger partial charge is 0.347 e. The van der Waals surface area contributed by atoms with Crippen molar-refractivity contribution in [2.24, 2.45) is 5.92 Å². The molecule has 2 bridgehead atoms. The summed E-state index contributed by atoms with van der Waals surface area (Å²) in [4.78, 5) is 44.6. The molecule has 2 aliphatic rings. The van der Waals surface area contributed by atoms with Gasteiger partial charge in [-0.2, -0.15) is 5.06 Å². The van der Waals surface area contributed by atoms with Crippen LogP contribution in [0.4, 0.5) is 4.79 Å². The van der Waals surface area contributed by atoms with Crippen molar-refractivity contribution in [3.05, 3.63) is 35.9 Å². The lowest BCUT2D eigenvalue weighted by molar-refractivity contribution is -0.140. The van der Waals surface area contributed by atoms with E-state index in [4.69, 9.17) is 4.84 Å². The number of hydrogen-bond acceptors (Lipinski definition) is 4. The van der Waals surface area contributed by atoms with Gasteiger partial charge >= 0.3 is 6.03 Å². The minimum absolute atomic E-state index is 0.0343. The van der Waals surface area contributed by atoms with E-state index in [2.05, 4.69) is 19.2 Å². The van der Waals surface area contributed by atoms with E-state index in [9.17, 15) is 14.4 Å². The van der Waals surface area contributed by atoms with Crippen molar-refractivity contribution in [1.82, 2.24) is 15.3 Å². The molecule has 2 atom stereocenters. The van der Waals surface area contributed by atoms with E-state index < -0.39 is 6.04 Å². The lowest BCUT2D eigenvalue weighted by Gasteiger charge is -2.29. The number of rotatable bonds is 10. The van der Waals surface area contributed by atoms with E-state index >= 15 is 0 Å². The highest BCUT2D eigenvalue weighted by molar-refractivity contribution is 5.91. The van der Waals surface area contributed by atoms with Gasteiger partial charge in [0.15, 0.2) is 5.78 Å². The molecule has 29 heavy (non-hydrogen) atoms. The highest BCUT2D eigenvalue weighted by atomic mass is 16.7. The molecule has 2 fully saturated rings. The number of carbonyl (C=O) groups excluding carboxylic acids is 3. The number of hydrogen-bond donors (Lipinski definition) is 1. The Morgan fingerprint density at radius 2 is 1.97 bits per heavy atom. The predicted molar refractivity (Wildman–Crippen MR) is 109 cm³/mol. The molecule has 0 spiro atoms. The molecule has 7 heteroatoms. The minimum atomic E-state index is -0.535. The first-order valence-electron chi connectivity index (χ1n) is 10.5. The summed E-state index contributed by atoms with van der Waals surface area (Å²) in [6, 6.07) is 8.84. The summed E-state index contributed by atoms with van der Waals surface area (Å²) in [5.74, 6) is 0.355. The fourth-order valence-electron chi connectivity index (χ4n) is 3.89. The minimum Gasteiger partial charge on any atom is -0.347 e. The van der Waals surface area contributed by atoms with Crippen molar-refractivity contribution >= 4 is 17.7 Å². The predicted octanol–water partition coefficient (Wildman–Crippen LogP) is 2.90. The molecule has 2 heterocycles. The Morgan fingerprint density at radius 1 is 1.21 bits per heavy atom. The van der Waals surface area contributed by atoms with Gasteiger partial charge in [0.25, 0.3) is 0 Å². The van der Waals surface area contributed by atoms with E-state index in [1.165, 1.54) is 5.06 Å². The van der Waals surface area contributed by atoms with Crippen molar-refractivity contribution in [2.45, 2.75) is 64.6 Å². The number of ketones is 1. The van der Waals surface area contributed by atoms with Crippen LogP contribution in [0.5, 0.6) is 0 Å². The Labute approximate surface area is 172 Å². The lowest BCUT2D eigenvalue weighted by Crippen LogP contribution is -2.50. The van der Waals surface area contributed by atoms with Gasteiger partial charge in [-0.3, -0.25) is 14.4 Å². The van der Waals surface area contributed by atoms with Crippen LogP contribution in [0.1, 0.15) is 51.5 Å². The molecule has 3 amide bonds. The number of benzene rings is 1. The van der Waals surface area contributed by atoms with Gasteiger partial charge in [-0.25, -0.2) is 4.79 Å². The first-order valence-corrected chi connectivity index (χ1v) is 10.5. The van der Waals surface area contributed by atoms with Crippen LogP contribution in [0, 0.1) is 5.92 Å². The number of urea groups is 1. The van der Waals surface area contributed by atoms with Crippen molar-refractivity contribution < 1.29 is 19.2 Å². The molecule has 1 aromatic carbocycles. The number of piperidine rings is 1. The maximum absolute atomic E-state index is 12.7. The topological polar surface area (TPSA) is 79.0 Å². The number of amides is 3. The normalized spacial score (nSPS) is 21.0. The van der Waals surface area contributed by atoms with Crippen LogP contribution in [0.15, 0.2) is 30.3 Å². The highest BCUT2D eigenvalue weighted by Crippen LogP contribution is 2.30. The third-order valence-electron chi connectivity index (χ3n) is 5.54. The average Bonchev–Trinajstić information content (AvgIpc) is 2.95. The molecule has 7 nitrogen and oxygen atoms in total. The standard InChI is InChI=1S/C22H31N3O4/c1-16(2)7-6-10-19(26)13-23-21(27)20-12-11-18-14-24(20)22(28)25(18)29-15-17-8-4-3-5-9-17/h3-5,8-9,16,18,20H,6-7,10-15H2,1-2H3,(H,23,27)/t18-,20+/m1/s1. The first-order chi connectivity index (χ1) is 14.0. The highest BCUT2D eigenvalue weighted by Gasteiger charge is 2.47. The average molecular weight is 402 g/mol. The molecule has 0 saturated carbocycles. The van der Waals surface area contributed by atoms with E-state index in [1.54, 1.807) is 4.90 Å². The quantitative estimate of drug-likeness (QED) is 0.654. The van der Waals surface area contributed by atoms with Crippen LogP contribution in [0.2, 0.25) is 0 Å². The molecule has 0 aromatic heterocycles. The van der Waals surface area contributed by atoms with Crippen LogP contribution in [0.25, 0.3) is 0 Å². The Bertz CT molecular complexity index is 722. The van der Waals surface area contributed by atoms with Gasteiger partial charge in [-0.15, -0.1) is 0 Å². The number of nitrogens with zero attached hydrogens (tertiary/aromatic N) is 2.